The zero-order valence-electron chi connectivity index (χ0n) is 9.57. The van der Waals surface area contributed by atoms with Crippen LogP contribution in [-0.2, 0) is 4.79 Å². The van der Waals surface area contributed by atoms with E-state index in [1.807, 2.05) is 0 Å². The molecule has 4 nitrogen and oxygen atoms in total. The van der Waals surface area contributed by atoms with Gasteiger partial charge in [-0.2, -0.15) is 0 Å². The molecule has 2 N–H and O–H groups in total. The highest BCUT2D eigenvalue weighted by molar-refractivity contribution is 5.92. The van der Waals surface area contributed by atoms with Crippen molar-refractivity contribution in [3.63, 3.8) is 0 Å². The molecule has 68 valence electrons. The lowest BCUT2D eigenvalue weighted by molar-refractivity contribution is -0.114. The Balaban J connectivity index is 2.87. The molecule has 0 saturated carbocycles. The Labute approximate surface area is 79.4 Å². The molecule has 0 fully saturated rings. The number of hydrogen-bond donors (Lipinski definition) is 2. The SMILES string of the molecule is [2H]C([2H])([2H])C(=O)Nc1cccc(C(=O)O)c1. The Bertz CT molecular complexity index is 428. The number of benzene rings is 1. The number of carbonyl (C=O) groups is 2. The molecule has 0 spiro atoms. The Kier molecular flexibility index (Phi) is 1.64. The zero-order valence-corrected chi connectivity index (χ0v) is 6.57. The average molecular weight is 182 g/mol. The highest BCUT2D eigenvalue weighted by atomic mass is 16.4. The van der Waals surface area contributed by atoms with Crippen LogP contribution in [0.15, 0.2) is 24.3 Å². The second-order valence-corrected chi connectivity index (χ2v) is 2.34. The first-order valence-electron chi connectivity index (χ1n) is 4.95. The highest BCUT2D eigenvalue weighted by Gasteiger charge is 2.03. The Morgan fingerprint density at radius 1 is 1.54 bits per heavy atom. The summed E-state index contributed by atoms with van der Waals surface area (Å²) in [5, 5.41) is 10.8. The maximum atomic E-state index is 11.1. The molecule has 0 aromatic heterocycles. The molecule has 0 unspecified atom stereocenters. The summed E-state index contributed by atoms with van der Waals surface area (Å²) in [6, 6.07) is 5.36. The second-order valence-electron chi connectivity index (χ2n) is 2.34. The monoisotopic (exact) mass is 182 g/mol. The van der Waals surface area contributed by atoms with Crippen LogP contribution in [-0.4, -0.2) is 17.0 Å². The van der Waals surface area contributed by atoms with Crippen molar-refractivity contribution in [3.05, 3.63) is 29.8 Å². The summed E-state index contributed by atoms with van der Waals surface area (Å²) in [7, 11) is 0. The molecule has 0 bridgehead atoms. The lowest BCUT2D eigenvalue weighted by Gasteiger charge is -2.01. The number of carboxylic acids is 1. The third-order valence-corrected chi connectivity index (χ3v) is 1.37. The first kappa shape index (κ1) is 5.75. The van der Waals surface area contributed by atoms with Crippen LogP contribution in [0.3, 0.4) is 0 Å². The normalized spacial score (nSPS) is 13.7. The second kappa shape index (κ2) is 3.71. The number of hydrogen-bond acceptors (Lipinski definition) is 2. The van der Waals surface area contributed by atoms with Gasteiger partial charge in [-0.25, -0.2) is 4.79 Å². The summed E-state index contributed by atoms with van der Waals surface area (Å²) in [6.45, 7) is -2.75. The molecular weight excluding hydrogens is 170 g/mol. The fraction of sp³-hybridized carbons (Fsp3) is 0.111. The molecule has 0 aliphatic rings. The van der Waals surface area contributed by atoms with Gasteiger partial charge in [0.1, 0.15) is 0 Å². The van der Waals surface area contributed by atoms with Crippen LogP contribution >= 0.6 is 0 Å². The van der Waals surface area contributed by atoms with Crippen LogP contribution < -0.4 is 5.32 Å². The summed E-state index contributed by atoms with van der Waals surface area (Å²) in [5.74, 6) is -2.29. The van der Waals surface area contributed by atoms with Crippen LogP contribution in [0.2, 0.25) is 0 Å². The number of nitrogens with one attached hydrogen (secondary N) is 1. The van der Waals surface area contributed by atoms with Crippen molar-refractivity contribution < 1.29 is 18.8 Å². The molecule has 0 aliphatic heterocycles. The van der Waals surface area contributed by atoms with E-state index in [0.717, 1.165) is 0 Å². The molecule has 1 amide bonds. The Morgan fingerprint density at radius 3 is 2.92 bits per heavy atom. The van der Waals surface area contributed by atoms with Crippen molar-refractivity contribution in [1.29, 1.82) is 0 Å². The molecule has 0 radical (unpaired) electrons. The summed E-state index contributed by atoms with van der Waals surface area (Å²) >= 11 is 0. The van der Waals surface area contributed by atoms with Crippen LogP contribution in [0.25, 0.3) is 0 Å². The van der Waals surface area contributed by atoms with Crippen LogP contribution in [0.5, 0.6) is 0 Å². The summed E-state index contributed by atoms with van der Waals surface area (Å²) in [4.78, 5) is 21.7. The van der Waals surface area contributed by atoms with Gasteiger partial charge >= 0.3 is 5.97 Å². The molecule has 0 saturated heterocycles. The fourth-order valence-electron chi connectivity index (χ4n) is 0.861. The van der Waals surface area contributed by atoms with E-state index < -0.39 is 18.7 Å². The van der Waals surface area contributed by atoms with Gasteiger partial charge in [0.05, 0.1) is 5.56 Å². The number of aromatic carboxylic acids is 1. The standard InChI is InChI=1S/C9H9NO3/c1-6(11)10-8-4-2-3-7(5-8)9(12)13/h2-5H,1H3,(H,10,11)(H,12,13)/i1D3. The first-order chi connectivity index (χ1) is 7.30. The summed E-state index contributed by atoms with van der Waals surface area (Å²) in [5.41, 5.74) is 0.115. The molecule has 13 heavy (non-hydrogen) atoms. The average Bonchev–Trinajstić information content (AvgIpc) is 2.16. The van der Waals surface area contributed by atoms with Gasteiger partial charge in [0.15, 0.2) is 0 Å². The molecule has 0 atom stereocenters. The minimum atomic E-state index is -2.75. The van der Waals surface area contributed by atoms with Gasteiger partial charge in [-0.15, -0.1) is 0 Å². The minimum absolute atomic E-state index is 0.0247. The number of rotatable bonds is 2. The predicted molar refractivity (Wildman–Crippen MR) is 47.7 cm³/mol. The van der Waals surface area contributed by atoms with Gasteiger partial charge in [-0.05, 0) is 18.2 Å². The van der Waals surface area contributed by atoms with Gasteiger partial charge < -0.3 is 10.4 Å². The molecule has 1 aromatic carbocycles. The van der Waals surface area contributed by atoms with E-state index in [4.69, 9.17) is 9.22 Å². The van der Waals surface area contributed by atoms with E-state index in [0.29, 0.717) is 0 Å². The van der Waals surface area contributed by atoms with Crippen molar-refractivity contribution in [2.75, 3.05) is 5.32 Å². The van der Waals surface area contributed by atoms with Gasteiger partial charge in [-0.1, -0.05) is 6.07 Å². The first-order valence-corrected chi connectivity index (χ1v) is 3.45. The zero-order chi connectivity index (χ0) is 12.3. The van der Waals surface area contributed by atoms with E-state index in [9.17, 15) is 9.59 Å². The summed E-state index contributed by atoms with van der Waals surface area (Å²) < 4.78 is 20.5. The summed E-state index contributed by atoms with van der Waals surface area (Å²) in [6.07, 6.45) is 0. The number of carbonyl (C=O) groups excluding carboxylic acids is 1. The van der Waals surface area contributed by atoms with Crippen molar-refractivity contribution in [2.24, 2.45) is 0 Å². The lowest BCUT2D eigenvalue weighted by Crippen LogP contribution is -2.06. The van der Waals surface area contributed by atoms with Crippen molar-refractivity contribution in [1.82, 2.24) is 0 Å². The molecule has 4 heteroatoms. The predicted octanol–water partition coefficient (Wildman–Crippen LogP) is 1.34. The third kappa shape index (κ3) is 2.59. The quantitative estimate of drug-likeness (QED) is 0.725. The molecule has 0 aliphatic carbocycles. The van der Waals surface area contributed by atoms with E-state index in [2.05, 4.69) is 5.32 Å². The maximum absolute atomic E-state index is 11.1. The van der Waals surface area contributed by atoms with Gasteiger partial charge in [-0.3, -0.25) is 4.79 Å². The maximum Gasteiger partial charge on any atom is 0.335 e. The van der Waals surface area contributed by atoms with Crippen molar-refractivity contribution in [3.8, 4) is 0 Å². The number of amides is 1. The van der Waals surface area contributed by atoms with E-state index >= 15 is 0 Å². The van der Waals surface area contributed by atoms with Crippen LogP contribution in [0.4, 0.5) is 5.69 Å². The number of anilines is 1. The van der Waals surface area contributed by atoms with Crippen molar-refractivity contribution in [2.45, 2.75) is 6.85 Å². The topological polar surface area (TPSA) is 66.4 Å². The largest absolute Gasteiger partial charge is 0.478 e. The highest BCUT2D eigenvalue weighted by Crippen LogP contribution is 2.10. The van der Waals surface area contributed by atoms with Gasteiger partial charge in [0.2, 0.25) is 5.91 Å². The molecule has 1 aromatic rings. The molecular formula is C9H9NO3. The molecule has 0 heterocycles. The Morgan fingerprint density at radius 2 is 2.31 bits per heavy atom. The fourth-order valence-corrected chi connectivity index (χ4v) is 0.861. The smallest absolute Gasteiger partial charge is 0.335 e. The lowest BCUT2D eigenvalue weighted by atomic mass is 10.2. The Hall–Kier alpha value is -1.84. The van der Waals surface area contributed by atoms with E-state index in [1.54, 1.807) is 0 Å². The molecule has 1 rings (SSSR count). The van der Waals surface area contributed by atoms with Crippen molar-refractivity contribution >= 4 is 17.6 Å². The van der Waals surface area contributed by atoms with E-state index in [-0.39, 0.29) is 11.3 Å². The minimum Gasteiger partial charge on any atom is -0.478 e. The van der Waals surface area contributed by atoms with Crippen LogP contribution in [0, 0.1) is 0 Å². The van der Waals surface area contributed by atoms with E-state index in [1.165, 1.54) is 24.3 Å². The van der Waals surface area contributed by atoms with Gasteiger partial charge in [0, 0.05) is 16.7 Å². The number of carboxylic acid groups (broad SMARTS) is 1. The third-order valence-electron chi connectivity index (χ3n) is 1.37. The van der Waals surface area contributed by atoms with Gasteiger partial charge in [0.25, 0.3) is 0 Å². The van der Waals surface area contributed by atoms with Crippen LogP contribution in [0.1, 0.15) is 21.3 Å².